The summed E-state index contributed by atoms with van der Waals surface area (Å²) < 4.78 is 31.3. The van der Waals surface area contributed by atoms with Crippen molar-refractivity contribution in [2.24, 2.45) is 0 Å². The van der Waals surface area contributed by atoms with Gasteiger partial charge in [-0.25, -0.2) is 13.4 Å². The van der Waals surface area contributed by atoms with E-state index in [2.05, 4.69) is 15.2 Å². The van der Waals surface area contributed by atoms with Crippen molar-refractivity contribution in [1.82, 2.24) is 19.7 Å². The van der Waals surface area contributed by atoms with E-state index in [-0.39, 0.29) is 29.1 Å². The Hall–Kier alpha value is -1.98. The molecule has 0 radical (unpaired) electrons. The zero-order valence-corrected chi connectivity index (χ0v) is 19.4. The number of thiazole rings is 1. The third-order valence-corrected chi connectivity index (χ3v) is 8.52. The molecule has 1 fully saturated rings. The second-order valence-electron chi connectivity index (χ2n) is 7.42. The van der Waals surface area contributed by atoms with Crippen molar-refractivity contribution in [3.05, 3.63) is 45.0 Å². The van der Waals surface area contributed by atoms with Gasteiger partial charge in [0.15, 0.2) is 15.6 Å². The predicted octanol–water partition coefficient (Wildman–Crippen LogP) is 3.18. The summed E-state index contributed by atoms with van der Waals surface area (Å²) in [5.41, 5.74) is 3.21. The fourth-order valence-corrected chi connectivity index (χ4v) is 6.79. The summed E-state index contributed by atoms with van der Waals surface area (Å²) >= 11 is 2.77. The fraction of sp³-hybridized carbons (Fsp3) is 0.474. The molecule has 1 unspecified atom stereocenters. The van der Waals surface area contributed by atoms with Crippen LogP contribution in [0.1, 0.15) is 50.8 Å². The average Bonchev–Trinajstić information content (AvgIpc) is 3.43. The highest BCUT2D eigenvalue weighted by molar-refractivity contribution is 7.99. The summed E-state index contributed by atoms with van der Waals surface area (Å²) in [4.78, 5) is 17.2. The van der Waals surface area contributed by atoms with Crippen molar-refractivity contribution in [2.45, 2.75) is 44.9 Å². The maximum Gasteiger partial charge on any atom is 0.277 e. The minimum atomic E-state index is -2.99. The molecule has 4 heterocycles. The predicted molar refractivity (Wildman–Crippen MR) is 115 cm³/mol. The van der Waals surface area contributed by atoms with Crippen molar-refractivity contribution < 1.29 is 17.6 Å². The van der Waals surface area contributed by atoms with Crippen molar-refractivity contribution in [1.29, 1.82) is 0 Å². The maximum atomic E-state index is 12.8. The highest BCUT2D eigenvalue weighted by Crippen LogP contribution is 2.30. The largest absolute Gasteiger partial charge is 0.416 e. The molecular formula is C19H22N4O4S3. The number of ketones is 1. The van der Waals surface area contributed by atoms with Crippen molar-refractivity contribution >= 4 is 38.7 Å². The molecule has 1 aliphatic rings. The summed E-state index contributed by atoms with van der Waals surface area (Å²) in [6, 6.07) is 1.74. The summed E-state index contributed by atoms with van der Waals surface area (Å²) in [7, 11) is -2.99. The number of rotatable bonds is 7. The molecule has 3 aromatic rings. The van der Waals surface area contributed by atoms with E-state index >= 15 is 0 Å². The number of aryl methyl sites for hydroxylation is 2. The van der Waals surface area contributed by atoms with Crippen LogP contribution >= 0.6 is 23.1 Å². The van der Waals surface area contributed by atoms with E-state index in [4.69, 9.17) is 4.42 Å². The van der Waals surface area contributed by atoms with E-state index in [1.807, 2.05) is 36.8 Å². The highest BCUT2D eigenvalue weighted by atomic mass is 32.2. The lowest BCUT2D eigenvalue weighted by Gasteiger charge is -2.16. The molecule has 0 spiro atoms. The minimum Gasteiger partial charge on any atom is -0.416 e. The van der Waals surface area contributed by atoms with Gasteiger partial charge in [0.2, 0.25) is 5.89 Å². The zero-order chi connectivity index (χ0) is 21.5. The van der Waals surface area contributed by atoms with Crippen LogP contribution in [0.3, 0.4) is 0 Å². The van der Waals surface area contributed by atoms with E-state index in [9.17, 15) is 13.2 Å². The SMILES string of the molecule is Cc1nc(Cc2nnc(SCC(=O)c3cc(C)n(C4CCS(=O)(=O)C4)c3C)o2)cs1. The van der Waals surface area contributed by atoms with Gasteiger partial charge in [0.05, 0.1) is 34.4 Å². The van der Waals surface area contributed by atoms with Crippen molar-refractivity contribution in [3.63, 3.8) is 0 Å². The Labute approximate surface area is 183 Å². The van der Waals surface area contributed by atoms with Gasteiger partial charge in [-0.15, -0.1) is 21.5 Å². The fourth-order valence-electron chi connectivity index (χ4n) is 3.82. The number of sulfone groups is 1. The summed E-state index contributed by atoms with van der Waals surface area (Å²) in [6.45, 7) is 5.72. The molecule has 4 rings (SSSR count). The van der Waals surface area contributed by atoms with Gasteiger partial charge < -0.3 is 8.98 Å². The summed E-state index contributed by atoms with van der Waals surface area (Å²) in [6.07, 6.45) is 1.06. The first-order valence-corrected chi connectivity index (χ1v) is 13.2. The monoisotopic (exact) mass is 466 g/mol. The normalized spacial score (nSPS) is 18.2. The first kappa shape index (κ1) is 21.3. The lowest BCUT2D eigenvalue weighted by Crippen LogP contribution is -2.14. The molecule has 0 saturated carbocycles. The lowest BCUT2D eigenvalue weighted by molar-refractivity contribution is 0.102. The molecule has 8 nitrogen and oxygen atoms in total. The molecule has 1 saturated heterocycles. The zero-order valence-electron chi connectivity index (χ0n) is 16.9. The number of hydrogen-bond acceptors (Lipinski definition) is 9. The average molecular weight is 467 g/mol. The van der Waals surface area contributed by atoms with Crippen LogP contribution < -0.4 is 0 Å². The number of carbonyl (C=O) groups excluding carboxylic acids is 1. The molecule has 1 atom stereocenters. The third-order valence-electron chi connectivity index (χ3n) is 5.13. The van der Waals surface area contributed by atoms with Crippen LogP contribution in [0.25, 0.3) is 0 Å². The summed E-state index contributed by atoms with van der Waals surface area (Å²) in [5, 5.41) is 11.3. The molecule has 11 heteroatoms. The highest BCUT2D eigenvalue weighted by Gasteiger charge is 2.31. The second kappa shape index (κ2) is 8.27. The van der Waals surface area contributed by atoms with Crippen LogP contribution in [-0.4, -0.2) is 51.2 Å². The topological polar surface area (TPSA) is 108 Å². The Balaban J connectivity index is 1.41. The van der Waals surface area contributed by atoms with Crippen LogP contribution in [0.5, 0.6) is 0 Å². The van der Waals surface area contributed by atoms with Crippen molar-refractivity contribution in [2.75, 3.05) is 17.3 Å². The molecule has 3 aromatic heterocycles. The van der Waals surface area contributed by atoms with Gasteiger partial charge in [0, 0.05) is 28.4 Å². The van der Waals surface area contributed by atoms with E-state index in [1.54, 1.807) is 11.3 Å². The molecule has 1 aliphatic heterocycles. The quantitative estimate of drug-likeness (QED) is 0.386. The second-order valence-corrected chi connectivity index (χ2v) is 11.6. The minimum absolute atomic E-state index is 0.0462. The van der Waals surface area contributed by atoms with Gasteiger partial charge in [-0.1, -0.05) is 11.8 Å². The summed E-state index contributed by atoms with van der Waals surface area (Å²) in [5.74, 6) is 0.930. The van der Waals surface area contributed by atoms with Crippen molar-refractivity contribution in [3.8, 4) is 0 Å². The Morgan fingerprint density at radius 3 is 2.80 bits per heavy atom. The first-order chi connectivity index (χ1) is 14.2. The van der Waals surface area contributed by atoms with Gasteiger partial charge in [0.1, 0.15) is 0 Å². The first-order valence-electron chi connectivity index (χ1n) is 9.50. The van der Waals surface area contributed by atoms with Crippen LogP contribution in [0, 0.1) is 20.8 Å². The molecule has 0 aliphatic carbocycles. The van der Waals surface area contributed by atoms with E-state index in [0.29, 0.717) is 29.5 Å². The molecule has 0 amide bonds. The Morgan fingerprint density at radius 2 is 2.13 bits per heavy atom. The van der Waals surface area contributed by atoms with Crippen LogP contribution in [0.15, 0.2) is 21.1 Å². The van der Waals surface area contributed by atoms with Gasteiger partial charge >= 0.3 is 0 Å². The Kier molecular flexibility index (Phi) is 5.86. The number of Topliss-reactive ketones (excluding diaryl/α,β-unsaturated/α-hetero) is 1. The Morgan fingerprint density at radius 1 is 1.33 bits per heavy atom. The molecule has 0 N–H and O–H groups in total. The van der Waals surface area contributed by atoms with Gasteiger partial charge in [0.25, 0.3) is 5.22 Å². The maximum absolute atomic E-state index is 12.8. The van der Waals surface area contributed by atoms with Crippen LogP contribution in [-0.2, 0) is 16.3 Å². The smallest absolute Gasteiger partial charge is 0.277 e. The number of thioether (sulfide) groups is 1. The standard InChI is InChI=1S/C19H22N4O4S3/c1-11-6-16(12(2)23(11)15-4-5-30(25,26)10-15)17(24)9-29-19-22-21-18(27-19)7-14-8-28-13(3)20-14/h6,8,15H,4-5,7,9-10H2,1-3H3. The molecule has 30 heavy (non-hydrogen) atoms. The van der Waals surface area contributed by atoms with Crippen LogP contribution in [0.2, 0.25) is 0 Å². The number of hydrogen-bond donors (Lipinski definition) is 0. The van der Waals surface area contributed by atoms with Gasteiger partial charge in [-0.05, 0) is 33.3 Å². The lowest BCUT2D eigenvalue weighted by atomic mass is 10.2. The van der Waals surface area contributed by atoms with Crippen LogP contribution in [0.4, 0.5) is 0 Å². The molecule has 0 aromatic carbocycles. The van der Waals surface area contributed by atoms with E-state index < -0.39 is 9.84 Å². The third kappa shape index (κ3) is 4.52. The Bertz CT molecular complexity index is 1190. The number of nitrogens with zero attached hydrogens (tertiary/aromatic N) is 4. The molecular weight excluding hydrogens is 444 g/mol. The number of aromatic nitrogens is 4. The van der Waals surface area contributed by atoms with Gasteiger partial charge in [-0.2, -0.15) is 0 Å². The molecule has 160 valence electrons. The van der Waals surface area contributed by atoms with E-state index in [0.717, 1.165) is 22.1 Å². The number of carbonyl (C=O) groups is 1. The van der Waals surface area contributed by atoms with Gasteiger partial charge in [-0.3, -0.25) is 4.79 Å². The van der Waals surface area contributed by atoms with E-state index in [1.165, 1.54) is 11.8 Å². The molecule has 0 bridgehead atoms.